The van der Waals surface area contributed by atoms with Crippen molar-refractivity contribution in [2.45, 2.75) is 44.7 Å². The van der Waals surface area contributed by atoms with Crippen LogP contribution in [0.5, 0.6) is 5.75 Å². The second-order valence-corrected chi connectivity index (χ2v) is 7.96. The summed E-state index contributed by atoms with van der Waals surface area (Å²) in [5, 5.41) is 0. The van der Waals surface area contributed by atoms with Crippen LogP contribution in [0.1, 0.15) is 47.2 Å². The largest absolute Gasteiger partial charge is 0.496 e. The Morgan fingerprint density at radius 1 is 1.00 bits per heavy atom. The van der Waals surface area contributed by atoms with E-state index in [0.29, 0.717) is 11.3 Å². The van der Waals surface area contributed by atoms with Crippen LogP contribution in [-0.4, -0.2) is 48.5 Å². The summed E-state index contributed by atoms with van der Waals surface area (Å²) in [6.45, 7) is 3.86. The molecule has 2 heterocycles. The van der Waals surface area contributed by atoms with Crippen molar-refractivity contribution >= 4 is 5.91 Å². The topological polar surface area (TPSA) is 32.8 Å². The first-order chi connectivity index (χ1) is 13.8. The Balaban J connectivity index is 1.52. The smallest absolute Gasteiger partial charge is 0.257 e. The Hall–Kier alpha value is -2.33. The quantitative estimate of drug-likeness (QED) is 0.802. The lowest BCUT2D eigenvalue weighted by molar-refractivity contribution is 0.0619. The number of methoxy groups -OCH3 is 1. The third kappa shape index (κ3) is 4.07. The lowest BCUT2D eigenvalue weighted by atomic mass is 9.99. The maximum atomic E-state index is 13.4. The minimum atomic E-state index is 0.113. The molecule has 0 bridgehead atoms. The molecule has 2 aliphatic heterocycles. The molecule has 0 aromatic heterocycles. The molecule has 2 aliphatic rings. The average Bonchev–Trinajstić information content (AvgIpc) is 2.98. The van der Waals surface area contributed by atoms with Gasteiger partial charge in [0.05, 0.1) is 12.7 Å². The highest BCUT2D eigenvalue weighted by atomic mass is 16.5. The molecule has 1 atom stereocenters. The minimum absolute atomic E-state index is 0.113. The van der Waals surface area contributed by atoms with Crippen molar-refractivity contribution in [1.82, 2.24) is 9.80 Å². The average molecular weight is 379 g/mol. The molecule has 28 heavy (non-hydrogen) atoms. The zero-order valence-electron chi connectivity index (χ0n) is 16.8. The van der Waals surface area contributed by atoms with Crippen molar-refractivity contribution in [2.24, 2.45) is 0 Å². The van der Waals surface area contributed by atoms with Gasteiger partial charge in [-0.2, -0.15) is 0 Å². The van der Waals surface area contributed by atoms with Crippen molar-refractivity contribution in [2.75, 3.05) is 26.7 Å². The summed E-state index contributed by atoms with van der Waals surface area (Å²) in [6, 6.07) is 16.6. The van der Waals surface area contributed by atoms with Gasteiger partial charge in [0.25, 0.3) is 5.91 Å². The molecule has 2 aromatic carbocycles. The van der Waals surface area contributed by atoms with E-state index >= 15 is 0 Å². The first-order valence-corrected chi connectivity index (χ1v) is 10.5. The molecule has 4 nitrogen and oxygen atoms in total. The van der Waals surface area contributed by atoms with E-state index < -0.39 is 0 Å². The molecule has 148 valence electrons. The molecule has 4 rings (SSSR count). The predicted octanol–water partition coefficient (Wildman–Crippen LogP) is 4.14. The zero-order valence-corrected chi connectivity index (χ0v) is 16.8. The molecule has 0 spiro atoms. The summed E-state index contributed by atoms with van der Waals surface area (Å²) in [6.07, 6.45) is 5.67. The molecule has 4 heteroatoms. The monoisotopic (exact) mass is 378 g/mol. The number of benzene rings is 2. The number of carbonyl (C=O) groups excluding carboxylic acids is 1. The van der Waals surface area contributed by atoms with Gasteiger partial charge in [-0.25, -0.2) is 0 Å². The number of rotatable bonds is 4. The van der Waals surface area contributed by atoms with Crippen LogP contribution in [0.2, 0.25) is 0 Å². The Labute approximate surface area is 168 Å². The highest BCUT2D eigenvalue weighted by Gasteiger charge is 2.30. The fourth-order valence-electron chi connectivity index (χ4n) is 4.62. The van der Waals surface area contributed by atoms with E-state index in [-0.39, 0.29) is 11.9 Å². The van der Waals surface area contributed by atoms with Crippen molar-refractivity contribution < 1.29 is 9.53 Å². The van der Waals surface area contributed by atoms with Gasteiger partial charge in [0, 0.05) is 32.2 Å². The number of para-hydroxylation sites is 1. The molecular formula is C24H30N2O2. The van der Waals surface area contributed by atoms with Gasteiger partial charge in [-0.15, -0.1) is 0 Å². The van der Waals surface area contributed by atoms with Crippen LogP contribution >= 0.6 is 0 Å². The summed E-state index contributed by atoms with van der Waals surface area (Å²) in [5.74, 6) is 0.782. The second-order valence-electron chi connectivity index (χ2n) is 7.96. The second kappa shape index (κ2) is 8.78. The van der Waals surface area contributed by atoms with E-state index in [2.05, 4.69) is 34.1 Å². The summed E-state index contributed by atoms with van der Waals surface area (Å²) < 4.78 is 5.45. The number of fused-ring (bicyclic) bond motifs is 1. The lowest BCUT2D eigenvalue weighted by Gasteiger charge is -2.36. The van der Waals surface area contributed by atoms with E-state index in [1.165, 1.54) is 24.0 Å². The maximum absolute atomic E-state index is 13.4. The molecule has 2 aromatic rings. The Kier molecular flexibility index (Phi) is 5.96. The molecule has 0 N–H and O–H groups in total. The van der Waals surface area contributed by atoms with Gasteiger partial charge in [-0.05, 0) is 42.5 Å². The standard InChI is InChI=1S/C24H30N2O2/c1-28-23-13-7-6-12-22(23)24(27)26-15-8-2-3-11-21(26)18-25-16-14-19-9-4-5-10-20(19)17-25/h4-7,9-10,12-13,21H,2-3,8,11,14-18H2,1H3. The first kappa shape index (κ1) is 19.0. The van der Waals surface area contributed by atoms with Gasteiger partial charge in [0.2, 0.25) is 0 Å². The fraction of sp³-hybridized carbons (Fsp3) is 0.458. The van der Waals surface area contributed by atoms with Gasteiger partial charge in [0.15, 0.2) is 0 Å². The van der Waals surface area contributed by atoms with Gasteiger partial charge in [-0.1, -0.05) is 49.2 Å². The van der Waals surface area contributed by atoms with E-state index in [4.69, 9.17) is 4.74 Å². The van der Waals surface area contributed by atoms with Crippen molar-refractivity contribution in [3.63, 3.8) is 0 Å². The molecule has 0 radical (unpaired) electrons. The van der Waals surface area contributed by atoms with Gasteiger partial charge in [-0.3, -0.25) is 9.69 Å². The molecule has 1 unspecified atom stereocenters. The van der Waals surface area contributed by atoms with Crippen molar-refractivity contribution in [3.05, 3.63) is 65.2 Å². The Bertz CT molecular complexity index is 820. The van der Waals surface area contributed by atoms with E-state index in [1.807, 2.05) is 24.3 Å². The van der Waals surface area contributed by atoms with Gasteiger partial charge in [0.1, 0.15) is 5.75 Å². The Morgan fingerprint density at radius 2 is 1.79 bits per heavy atom. The third-order valence-electron chi connectivity index (χ3n) is 6.15. The van der Waals surface area contributed by atoms with Crippen LogP contribution < -0.4 is 4.74 Å². The molecule has 1 fully saturated rings. The summed E-state index contributed by atoms with van der Waals surface area (Å²) in [5.41, 5.74) is 3.59. The van der Waals surface area contributed by atoms with Crippen LogP contribution in [0.15, 0.2) is 48.5 Å². The number of carbonyl (C=O) groups is 1. The predicted molar refractivity (Wildman–Crippen MR) is 112 cm³/mol. The van der Waals surface area contributed by atoms with E-state index in [1.54, 1.807) is 7.11 Å². The lowest BCUT2D eigenvalue weighted by Crippen LogP contribution is -2.47. The Morgan fingerprint density at radius 3 is 2.64 bits per heavy atom. The number of nitrogens with zero attached hydrogens (tertiary/aromatic N) is 2. The summed E-state index contributed by atoms with van der Waals surface area (Å²) in [7, 11) is 1.64. The number of amides is 1. The van der Waals surface area contributed by atoms with E-state index in [0.717, 1.165) is 45.4 Å². The highest BCUT2D eigenvalue weighted by molar-refractivity contribution is 5.97. The van der Waals surface area contributed by atoms with Gasteiger partial charge >= 0.3 is 0 Å². The normalized spacial score (nSPS) is 20.3. The minimum Gasteiger partial charge on any atom is -0.496 e. The maximum Gasteiger partial charge on any atom is 0.257 e. The number of likely N-dealkylation sites (tertiary alicyclic amines) is 1. The zero-order chi connectivity index (χ0) is 19.3. The fourth-order valence-corrected chi connectivity index (χ4v) is 4.62. The van der Waals surface area contributed by atoms with Crippen LogP contribution in [0.3, 0.4) is 0 Å². The van der Waals surface area contributed by atoms with E-state index in [9.17, 15) is 4.79 Å². The van der Waals surface area contributed by atoms with Crippen LogP contribution in [-0.2, 0) is 13.0 Å². The summed E-state index contributed by atoms with van der Waals surface area (Å²) >= 11 is 0. The van der Waals surface area contributed by atoms with Gasteiger partial charge < -0.3 is 9.64 Å². The van der Waals surface area contributed by atoms with Crippen LogP contribution in [0, 0.1) is 0 Å². The number of hydrogen-bond acceptors (Lipinski definition) is 3. The number of ether oxygens (including phenoxy) is 1. The highest BCUT2D eigenvalue weighted by Crippen LogP contribution is 2.26. The molecule has 1 amide bonds. The molecule has 1 saturated heterocycles. The van der Waals surface area contributed by atoms with Crippen LogP contribution in [0.4, 0.5) is 0 Å². The van der Waals surface area contributed by atoms with Crippen molar-refractivity contribution in [3.8, 4) is 5.75 Å². The molecular weight excluding hydrogens is 348 g/mol. The summed E-state index contributed by atoms with van der Waals surface area (Å²) in [4.78, 5) is 18.1. The molecule has 0 aliphatic carbocycles. The van der Waals surface area contributed by atoms with Crippen LogP contribution in [0.25, 0.3) is 0 Å². The third-order valence-corrected chi connectivity index (χ3v) is 6.15. The molecule has 0 saturated carbocycles. The SMILES string of the molecule is COc1ccccc1C(=O)N1CCCCCC1CN1CCc2ccccc2C1. The first-order valence-electron chi connectivity index (χ1n) is 10.5. The number of hydrogen-bond donors (Lipinski definition) is 0. The van der Waals surface area contributed by atoms with Crippen molar-refractivity contribution in [1.29, 1.82) is 0 Å².